The lowest BCUT2D eigenvalue weighted by Crippen LogP contribution is -2.17. The van der Waals surface area contributed by atoms with Gasteiger partial charge in [0.05, 0.1) is 11.9 Å². The van der Waals surface area contributed by atoms with Crippen molar-refractivity contribution in [3.05, 3.63) is 36.0 Å². The Hall–Kier alpha value is -2.51. The van der Waals surface area contributed by atoms with Gasteiger partial charge in [0.1, 0.15) is 11.3 Å². The maximum absolute atomic E-state index is 12.0. The molecule has 0 radical (unpaired) electrons. The minimum absolute atomic E-state index is 0.0306. The average molecular weight is 286 g/mol. The molecule has 0 spiro atoms. The number of carbonyl (C=O) groups is 1. The second-order valence-corrected chi connectivity index (χ2v) is 3.91. The molecule has 2 aromatic rings. The normalized spacial score (nSPS) is 11.4. The highest BCUT2D eigenvalue weighted by Crippen LogP contribution is 2.28. The van der Waals surface area contributed by atoms with Crippen molar-refractivity contribution in [3.8, 4) is 17.0 Å². The molecule has 0 aliphatic rings. The molecule has 2 rings (SSSR count). The zero-order chi connectivity index (χ0) is 14.9. The Kier molecular flexibility index (Phi) is 3.39. The molecule has 5 nitrogen and oxygen atoms in total. The second kappa shape index (κ2) is 4.87. The first kappa shape index (κ1) is 13.9. The van der Waals surface area contributed by atoms with Gasteiger partial charge in [-0.25, -0.2) is 4.79 Å². The van der Waals surface area contributed by atoms with E-state index in [1.54, 1.807) is 7.05 Å². The van der Waals surface area contributed by atoms with Crippen LogP contribution in [0.3, 0.4) is 0 Å². The smallest absolute Gasteiger partial charge is 0.478 e. The van der Waals surface area contributed by atoms with Gasteiger partial charge in [-0.2, -0.15) is 5.10 Å². The van der Waals surface area contributed by atoms with E-state index in [2.05, 4.69) is 9.84 Å². The third-order valence-corrected chi connectivity index (χ3v) is 2.53. The number of hydrogen-bond acceptors (Lipinski definition) is 3. The van der Waals surface area contributed by atoms with Crippen molar-refractivity contribution in [2.75, 3.05) is 0 Å². The van der Waals surface area contributed by atoms with Crippen LogP contribution in [0.15, 0.2) is 30.5 Å². The lowest BCUT2D eigenvalue weighted by Gasteiger charge is -2.09. The van der Waals surface area contributed by atoms with Crippen LogP contribution in [0.4, 0.5) is 13.2 Å². The molecule has 1 aromatic heterocycles. The van der Waals surface area contributed by atoms with E-state index in [1.807, 2.05) is 0 Å². The number of nitrogens with zero attached hydrogens (tertiary/aromatic N) is 2. The number of rotatable bonds is 3. The van der Waals surface area contributed by atoms with E-state index in [9.17, 15) is 18.0 Å². The SMILES string of the molecule is Cn1ncc(C(=O)O)c1-c1ccc(OC(F)(F)F)cc1. The zero-order valence-corrected chi connectivity index (χ0v) is 10.2. The Bertz CT molecular complexity index is 632. The van der Waals surface area contributed by atoms with Gasteiger partial charge < -0.3 is 9.84 Å². The predicted octanol–water partition coefficient (Wildman–Crippen LogP) is 2.68. The van der Waals surface area contributed by atoms with Crippen molar-refractivity contribution in [1.29, 1.82) is 0 Å². The number of halogens is 3. The monoisotopic (exact) mass is 286 g/mol. The number of aromatic carboxylic acids is 1. The van der Waals surface area contributed by atoms with E-state index < -0.39 is 12.3 Å². The maximum Gasteiger partial charge on any atom is 0.573 e. The van der Waals surface area contributed by atoms with Gasteiger partial charge in [-0.15, -0.1) is 13.2 Å². The molecule has 0 aliphatic carbocycles. The topological polar surface area (TPSA) is 64.4 Å². The van der Waals surface area contributed by atoms with Gasteiger partial charge in [0.25, 0.3) is 0 Å². The van der Waals surface area contributed by atoms with Crippen LogP contribution in [0, 0.1) is 0 Å². The Morgan fingerprint density at radius 2 is 1.90 bits per heavy atom. The van der Waals surface area contributed by atoms with Gasteiger partial charge in [-0.1, -0.05) is 0 Å². The number of carboxylic acid groups (broad SMARTS) is 1. The average Bonchev–Trinajstić information content (AvgIpc) is 2.70. The van der Waals surface area contributed by atoms with Crippen LogP contribution in [0.2, 0.25) is 0 Å². The Morgan fingerprint density at radius 3 is 2.40 bits per heavy atom. The molecule has 0 aliphatic heterocycles. The summed E-state index contributed by atoms with van der Waals surface area (Å²) < 4.78 is 41.2. The molecule has 8 heteroatoms. The highest BCUT2D eigenvalue weighted by Gasteiger charge is 2.31. The summed E-state index contributed by atoms with van der Waals surface area (Å²) in [5.74, 6) is -1.54. The molecule has 0 fully saturated rings. The van der Waals surface area contributed by atoms with Gasteiger partial charge in [0.2, 0.25) is 0 Å². The standard InChI is InChI=1S/C12H9F3N2O3/c1-17-10(9(6-16-17)11(18)19)7-2-4-8(5-3-7)20-12(13,14)15/h2-6H,1H3,(H,18,19). The number of hydrogen-bond donors (Lipinski definition) is 1. The summed E-state index contributed by atoms with van der Waals surface area (Å²) in [4.78, 5) is 11.0. The van der Waals surface area contributed by atoms with Crippen molar-refractivity contribution >= 4 is 5.97 Å². The second-order valence-electron chi connectivity index (χ2n) is 3.91. The molecule has 0 saturated carbocycles. The molecule has 1 N–H and O–H groups in total. The summed E-state index contributed by atoms with van der Waals surface area (Å²) in [5, 5.41) is 12.8. The van der Waals surface area contributed by atoms with Gasteiger partial charge in [0.15, 0.2) is 0 Å². The summed E-state index contributed by atoms with van der Waals surface area (Å²) in [5.41, 5.74) is 0.699. The summed E-state index contributed by atoms with van der Waals surface area (Å²) in [6.45, 7) is 0. The maximum atomic E-state index is 12.0. The summed E-state index contributed by atoms with van der Waals surface area (Å²) >= 11 is 0. The fraction of sp³-hybridized carbons (Fsp3) is 0.167. The van der Waals surface area contributed by atoms with Crippen molar-refractivity contribution in [2.45, 2.75) is 6.36 Å². The number of benzene rings is 1. The van der Waals surface area contributed by atoms with Gasteiger partial charge in [-0.3, -0.25) is 4.68 Å². The molecule has 0 unspecified atom stereocenters. The quantitative estimate of drug-likeness (QED) is 0.942. The zero-order valence-electron chi connectivity index (χ0n) is 10.2. The van der Waals surface area contributed by atoms with Crippen LogP contribution in [-0.4, -0.2) is 27.2 Å². The van der Waals surface area contributed by atoms with E-state index in [1.165, 1.54) is 23.0 Å². The molecule has 0 atom stereocenters. The van der Waals surface area contributed by atoms with Crippen LogP contribution < -0.4 is 4.74 Å². The van der Waals surface area contributed by atoms with E-state index in [4.69, 9.17) is 5.11 Å². The lowest BCUT2D eigenvalue weighted by molar-refractivity contribution is -0.274. The lowest BCUT2D eigenvalue weighted by atomic mass is 10.1. The summed E-state index contributed by atoms with van der Waals surface area (Å²) in [6.07, 6.45) is -3.59. The van der Waals surface area contributed by atoms with Gasteiger partial charge in [-0.05, 0) is 24.3 Å². The molecule has 0 saturated heterocycles. The van der Waals surface area contributed by atoms with Crippen LogP contribution in [0.5, 0.6) is 5.75 Å². The van der Waals surface area contributed by atoms with Crippen molar-refractivity contribution < 1.29 is 27.8 Å². The van der Waals surface area contributed by atoms with E-state index in [0.29, 0.717) is 11.3 Å². The van der Waals surface area contributed by atoms with Crippen LogP contribution in [0.1, 0.15) is 10.4 Å². The first-order valence-corrected chi connectivity index (χ1v) is 5.39. The van der Waals surface area contributed by atoms with Crippen molar-refractivity contribution in [1.82, 2.24) is 9.78 Å². The first-order valence-electron chi connectivity index (χ1n) is 5.39. The molecule has 1 aromatic carbocycles. The molecule has 0 bridgehead atoms. The molecule has 20 heavy (non-hydrogen) atoms. The van der Waals surface area contributed by atoms with Crippen LogP contribution in [0.25, 0.3) is 11.3 Å². The van der Waals surface area contributed by atoms with Crippen molar-refractivity contribution in [2.24, 2.45) is 7.05 Å². The number of aromatic nitrogens is 2. The summed E-state index contributed by atoms with van der Waals surface area (Å²) in [7, 11) is 1.54. The summed E-state index contributed by atoms with van der Waals surface area (Å²) in [6, 6.07) is 4.90. The van der Waals surface area contributed by atoms with Crippen molar-refractivity contribution in [3.63, 3.8) is 0 Å². The molecular weight excluding hydrogens is 277 g/mol. The third-order valence-electron chi connectivity index (χ3n) is 2.53. The van der Waals surface area contributed by atoms with Crippen LogP contribution in [-0.2, 0) is 7.05 Å². The third kappa shape index (κ3) is 2.90. The Morgan fingerprint density at radius 1 is 1.30 bits per heavy atom. The molecule has 0 amide bonds. The highest BCUT2D eigenvalue weighted by molar-refractivity contribution is 5.94. The van der Waals surface area contributed by atoms with E-state index in [0.717, 1.165) is 12.1 Å². The molecule has 1 heterocycles. The van der Waals surface area contributed by atoms with E-state index in [-0.39, 0.29) is 11.3 Å². The first-order chi connectivity index (χ1) is 9.28. The van der Waals surface area contributed by atoms with Gasteiger partial charge in [0, 0.05) is 12.6 Å². The Labute approximate surface area is 111 Å². The van der Waals surface area contributed by atoms with Gasteiger partial charge >= 0.3 is 12.3 Å². The Balaban J connectivity index is 2.36. The van der Waals surface area contributed by atoms with Crippen LogP contribution >= 0.6 is 0 Å². The largest absolute Gasteiger partial charge is 0.573 e. The fourth-order valence-electron chi connectivity index (χ4n) is 1.75. The number of ether oxygens (including phenoxy) is 1. The minimum atomic E-state index is -4.76. The number of aryl methyl sites for hydroxylation is 1. The molecule has 106 valence electrons. The number of carboxylic acids is 1. The fourth-order valence-corrected chi connectivity index (χ4v) is 1.75. The molecular formula is C12H9F3N2O3. The minimum Gasteiger partial charge on any atom is -0.478 e. The highest BCUT2D eigenvalue weighted by atomic mass is 19.4. The number of alkyl halides is 3. The van der Waals surface area contributed by atoms with E-state index >= 15 is 0 Å². The predicted molar refractivity (Wildman–Crippen MR) is 62.3 cm³/mol.